The molecule has 2 aromatic heterocycles. The quantitative estimate of drug-likeness (QED) is 0.532. The van der Waals surface area contributed by atoms with E-state index in [1.165, 1.54) is 4.57 Å². The number of aromatic nitrogens is 3. The average molecular weight is 437 g/mol. The van der Waals surface area contributed by atoms with E-state index in [0.717, 1.165) is 15.8 Å². The van der Waals surface area contributed by atoms with E-state index in [9.17, 15) is 14.4 Å². The van der Waals surface area contributed by atoms with Gasteiger partial charge in [0.05, 0.1) is 11.2 Å². The van der Waals surface area contributed by atoms with E-state index < -0.39 is 17.2 Å². The molecule has 1 amide bonds. The van der Waals surface area contributed by atoms with Crippen molar-refractivity contribution in [1.29, 1.82) is 0 Å². The molecule has 0 aliphatic heterocycles. The molecular formula is C23H21ClN4O3. The third kappa shape index (κ3) is 3.57. The minimum absolute atomic E-state index is 0.252. The maximum Gasteiger partial charge on any atom is 0.336 e. The average Bonchev–Trinajstić information content (AvgIpc) is 3.04. The zero-order valence-electron chi connectivity index (χ0n) is 17.3. The first-order chi connectivity index (χ1) is 14.8. The number of aryl methyl sites for hydroxylation is 2. The number of carbonyl (C=O) groups excluding carboxylic acids is 1. The lowest BCUT2D eigenvalue weighted by Crippen LogP contribution is -2.41. The van der Waals surface area contributed by atoms with Crippen molar-refractivity contribution in [3.05, 3.63) is 91.7 Å². The number of nitrogens with zero attached hydrogens (tertiary/aromatic N) is 3. The van der Waals surface area contributed by atoms with Crippen LogP contribution in [0.2, 0.25) is 5.02 Å². The van der Waals surface area contributed by atoms with Crippen LogP contribution in [0.1, 0.15) is 11.3 Å². The molecule has 0 radical (unpaired) electrons. The van der Waals surface area contributed by atoms with Crippen LogP contribution in [-0.4, -0.2) is 19.6 Å². The molecule has 0 spiro atoms. The Balaban J connectivity index is 1.86. The highest BCUT2D eigenvalue weighted by atomic mass is 35.5. The highest BCUT2D eigenvalue weighted by Gasteiger charge is 2.20. The van der Waals surface area contributed by atoms with Crippen LogP contribution < -0.4 is 16.6 Å². The first-order valence-electron chi connectivity index (χ1n) is 9.72. The molecule has 31 heavy (non-hydrogen) atoms. The van der Waals surface area contributed by atoms with E-state index >= 15 is 0 Å². The molecule has 0 bridgehead atoms. The fraction of sp³-hybridized carbons (Fsp3) is 0.174. The number of amides is 1. The van der Waals surface area contributed by atoms with E-state index in [0.29, 0.717) is 27.4 Å². The number of rotatable bonds is 4. The van der Waals surface area contributed by atoms with Crippen molar-refractivity contribution in [2.45, 2.75) is 20.4 Å². The van der Waals surface area contributed by atoms with Crippen LogP contribution in [0.25, 0.3) is 16.7 Å². The molecule has 2 heterocycles. The summed E-state index contributed by atoms with van der Waals surface area (Å²) in [5, 5.41) is 3.35. The summed E-state index contributed by atoms with van der Waals surface area (Å²) in [6.45, 7) is 3.40. The molecule has 0 fully saturated rings. The lowest BCUT2D eigenvalue weighted by Gasteiger charge is -2.14. The molecule has 8 heteroatoms. The van der Waals surface area contributed by atoms with Crippen LogP contribution in [0.15, 0.2) is 64.2 Å². The Morgan fingerprint density at radius 3 is 2.45 bits per heavy atom. The van der Waals surface area contributed by atoms with Crippen molar-refractivity contribution < 1.29 is 4.79 Å². The summed E-state index contributed by atoms with van der Waals surface area (Å²) in [6, 6.07) is 15.6. The van der Waals surface area contributed by atoms with Gasteiger partial charge in [0.1, 0.15) is 12.1 Å². The Kier molecular flexibility index (Phi) is 5.29. The van der Waals surface area contributed by atoms with E-state index in [1.807, 2.05) is 6.92 Å². The largest absolute Gasteiger partial charge is 0.342 e. The van der Waals surface area contributed by atoms with Crippen LogP contribution in [0.3, 0.4) is 0 Å². The van der Waals surface area contributed by atoms with Crippen molar-refractivity contribution >= 4 is 34.2 Å². The van der Waals surface area contributed by atoms with E-state index in [1.54, 1.807) is 73.1 Å². The van der Waals surface area contributed by atoms with Gasteiger partial charge < -0.3 is 9.88 Å². The van der Waals surface area contributed by atoms with Gasteiger partial charge in [-0.15, -0.1) is 0 Å². The molecule has 0 atom stereocenters. The minimum Gasteiger partial charge on any atom is -0.342 e. The third-order valence-corrected chi connectivity index (χ3v) is 5.84. The molecule has 158 valence electrons. The van der Waals surface area contributed by atoms with Gasteiger partial charge in [-0.05, 0) is 49.7 Å². The Morgan fingerprint density at radius 1 is 1.03 bits per heavy atom. The molecular weight excluding hydrogens is 416 g/mol. The number of anilines is 1. The third-order valence-electron chi connectivity index (χ3n) is 5.43. The number of benzene rings is 2. The SMILES string of the molecule is Cc1c(Cl)cccc1NC(=O)Cn1c(=O)n(-c2ccccc2)c(=O)c2c1cc(C)n2C. The molecule has 0 aliphatic carbocycles. The predicted octanol–water partition coefficient (Wildman–Crippen LogP) is 3.40. The van der Waals surface area contributed by atoms with Crippen LogP contribution in [0.5, 0.6) is 0 Å². The van der Waals surface area contributed by atoms with Crippen LogP contribution in [-0.2, 0) is 18.4 Å². The smallest absolute Gasteiger partial charge is 0.336 e. The van der Waals surface area contributed by atoms with Crippen LogP contribution in [0.4, 0.5) is 5.69 Å². The molecule has 0 saturated heterocycles. The van der Waals surface area contributed by atoms with Crippen LogP contribution >= 0.6 is 11.6 Å². The Bertz CT molecular complexity index is 1430. The fourth-order valence-corrected chi connectivity index (χ4v) is 3.79. The Hall–Kier alpha value is -3.58. The highest BCUT2D eigenvalue weighted by molar-refractivity contribution is 6.31. The monoisotopic (exact) mass is 436 g/mol. The number of hydrogen-bond acceptors (Lipinski definition) is 3. The van der Waals surface area contributed by atoms with Crippen molar-refractivity contribution in [1.82, 2.24) is 13.7 Å². The van der Waals surface area contributed by atoms with Gasteiger partial charge in [-0.1, -0.05) is 35.9 Å². The van der Waals surface area contributed by atoms with Crippen molar-refractivity contribution in [3.63, 3.8) is 0 Å². The van der Waals surface area contributed by atoms with E-state index in [-0.39, 0.29) is 6.54 Å². The second-order valence-corrected chi connectivity index (χ2v) is 7.79. The summed E-state index contributed by atoms with van der Waals surface area (Å²) in [7, 11) is 1.76. The number of para-hydroxylation sites is 1. The van der Waals surface area contributed by atoms with Gasteiger partial charge in [-0.3, -0.25) is 14.2 Å². The number of nitrogens with one attached hydrogen (secondary N) is 1. The van der Waals surface area contributed by atoms with Gasteiger partial charge in [-0.25, -0.2) is 9.36 Å². The number of halogens is 1. The predicted molar refractivity (Wildman–Crippen MR) is 122 cm³/mol. The van der Waals surface area contributed by atoms with Crippen molar-refractivity contribution in [2.24, 2.45) is 7.05 Å². The Labute approximate surface area is 183 Å². The molecule has 0 unspecified atom stereocenters. The molecule has 4 rings (SSSR count). The maximum absolute atomic E-state index is 13.3. The van der Waals surface area contributed by atoms with Crippen molar-refractivity contribution in [3.8, 4) is 5.69 Å². The second-order valence-electron chi connectivity index (χ2n) is 7.38. The minimum atomic E-state index is -0.577. The second kappa shape index (κ2) is 7.92. The van der Waals surface area contributed by atoms with Crippen molar-refractivity contribution in [2.75, 3.05) is 5.32 Å². The first-order valence-corrected chi connectivity index (χ1v) is 10.1. The lowest BCUT2D eigenvalue weighted by atomic mass is 10.2. The summed E-state index contributed by atoms with van der Waals surface area (Å²) >= 11 is 6.14. The Morgan fingerprint density at radius 2 is 1.74 bits per heavy atom. The molecule has 0 aliphatic rings. The molecule has 7 nitrogen and oxygen atoms in total. The topological polar surface area (TPSA) is 78.0 Å². The van der Waals surface area contributed by atoms with E-state index in [4.69, 9.17) is 11.6 Å². The first kappa shape index (κ1) is 20.7. The maximum atomic E-state index is 13.3. The summed E-state index contributed by atoms with van der Waals surface area (Å²) in [5.41, 5.74) is 2.32. The van der Waals surface area contributed by atoms with Gasteiger partial charge in [0.2, 0.25) is 5.91 Å². The van der Waals surface area contributed by atoms with E-state index in [2.05, 4.69) is 5.32 Å². The standard InChI is InChI=1S/C23H21ClN4O3/c1-14-12-19-21(26(14)3)22(30)28(16-8-5-4-6-9-16)23(31)27(19)13-20(29)25-18-11-7-10-17(24)15(18)2/h4-12H,13H2,1-3H3,(H,25,29). The molecule has 0 saturated carbocycles. The van der Waals surface area contributed by atoms with Gasteiger partial charge in [0.15, 0.2) is 0 Å². The number of fused-ring (bicyclic) bond motifs is 1. The molecule has 1 N–H and O–H groups in total. The zero-order valence-corrected chi connectivity index (χ0v) is 18.1. The summed E-state index contributed by atoms with van der Waals surface area (Å²) < 4.78 is 4.15. The van der Waals surface area contributed by atoms with Crippen LogP contribution in [0, 0.1) is 13.8 Å². The molecule has 4 aromatic rings. The lowest BCUT2D eigenvalue weighted by molar-refractivity contribution is -0.116. The summed E-state index contributed by atoms with van der Waals surface area (Å²) in [5.74, 6) is -0.395. The van der Waals surface area contributed by atoms with Gasteiger partial charge in [0.25, 0.3) is 5.56 Å². The number of carbonyl (C=O) groups is 1. The van der Waals surface area contributed by atoms with Gasteiger partial charge >= 0.3 is 5.69 Å². The summed E-state index contributed by atoms with van der Waals surface area (Å²) in [6.07, 6.45) is 0. The normalized spacial score (nSPS) is 11.1. The van der Waals surface area contributed by atoms with Gasteiger partial charge in [0, 0.05) is 23.5 Å². The zero-order chi connectivity index (χ0) is 22.3. The molecule has 2 aromatic carbocycles. The highest BCUT2D eigenvalue weighted by Crippen LogP contribution is 2.23. The van der Waals surface area contributed by atoms with Gasteiger partial charge in [-0.2, -0.15) is 0 Å². The summed E-state index contributed by atoms with van der Waals surface area (Å²) in [4.78, 5) is 39.4. The fourth-order valence-electron chi connectivity index (χ4n) is 3.62. The number of hydrogen-bond donors (Lipinski definition) is 1.